The van der Waals surface area contributed by atoms with Gasteiger partial charge in [-0.2, -0.15) is 0 Å². The Hall–Kier alpha value is -1.26. The van der Waals surface area contributed by atoms with Gasteiger partial charge in [-0.15, -0.1) is 0 Å². The summed E-state index contributed by atoms with van der Waals surface area (Å²) in [4.78, 5) is 5.41. The Morgan fingerprint density at radius 1 is 1.22 bits per heavy atom. The summed E-state index contributed by atoms with van der Waals surface area (Å²) in [5.41, 5.74) is 1.36. The third-order valence-electron chi connectivity index (χ3n) is 5.63. The van der Waals surface area contributed by atoms with Gasteiger partial charge in [-0.25, -0.2) is 0 Å². The lowest BCUT2D eigenvalue weighted by atomic mass is 9.98. The minimum absolute atomic E-state index is 0.359. The largest absolute Gasteiger partial charge is 0.454 e. The molecule has 4 rings (SSSR count). The Balaban J connectivity index is 1.35. The molecule has 0 amide bonds. The first-order valence-electron chi connectivity index (χ1n) is 9.05. The second-order valence-corrected chi connectivity index (χ2v) is 7.59. The fraction of sp³-hybridized carbons (Fsp3) is 0.684. The Morgan fingerprint density at radius 3 is 3.00 bits per heavy atom. The van der Waals surface area contributed by atoms with Gasteiger partial charge < -0.3 is 9.47 Å². The second kappa shape index (κ2) is 6.33. The number of fused-ring (bicyclic) bond motifs is 2. The van der Waals surface area contributed by atoms with E-state index < -0.39 is 0 Å². The van der Waals surface area contributed by atoms with Crippen molar-refractivity contribution in [1.82, 2.24) is 9.80 Å². The quantitative estimate of drug-likeness (QED) is 0.853. The third kappa shape index (κ3) is 3.20. The van der Waals surface area contributed by atoms with Crippen LogP contribution >= 0.6 is 0 Å². The molecule has 4 nitrogen and oxygen atoms in total. The van der Waals surface area contributed by atoms with Crippen LogP contribution in [0.15, 0.2) is 18.2 Å². The number of piperazine rings is 1. The van der Waals surface area contributed by atoms with E-state index >= 15 is 0 Å². The van der Waals surface area contributed by atoms with Crippen LogP contribution in [0.4, 0.5) is 0 Å². The van der Waals surface area contributed by atoms with Crippen molar-refractivity contribution in [3.8, 4) is 11.5 Å². The van der Waals surface area contributed by atoms with Crippen molar-refractivity contribution in [2.24, 2.45) is 5.92 Å². The lowest BCUT2D eigenvalue weighted by molar-refractivity contribution is 0.0499. The van der Waals surface area contributed by atoms with Crippen LogP contribution in [0.5, 0.6) is 11.5 Å². The highest BCUT2D eigenvalue weighted by Crippen LogP contribution is 2.33. The molecule has 0 aliphatic carbocycles. The number of rotatable bonds is 4. The van der Waals surface area contributed by atoms with Gasteiger partial charge in [0.2, 0.25) is 6.79 Å². The van der Waals surface area contributed by atoms with Gasteiger partial charge in [-0.1, -0.05) is 13.0 Å². The van der Waals surface area contributed by atoms with E-state index in [-0.39, 0.29) is 0 Å². The summed E-state index contributed by atoms with van der Waals surface area (Å²) < 4.78 is 10.9. The standard InChI is InChI=1S/C19H28N2O2/c1-14(8-16-5-6-18-19(9-16)23-13-22-18)10-21-12-17-4-3-7-20(17)11-15(21)2/h5-6,9,14-15,17H,3-4,7-8,10-13H2,1-2H3/t14-,15+,17-/m1/s1. The Morgan fingerprint density at radius 2 is 2.09 bits per heavy atom. The van der Waals surface area contributed by atoms with Crippen molar-refractivity contribution in [2.75, 3.05) is 33.0 Å². The summed E-state index contributed by atoms with van der Waals surface area (Å²) in [6.45, 7) is 10.1. The molecule has 0 spiro atoms. The maximum Gasteiger partial charge on any atom is 0.231 e. The van der Waals surface area contributed by atoms with E-state index in [4.69, 9.17) is 9.47 Å². The van der Waals surface area contributed by atoms with Gasteiger partial charge in [-0.05, 0) is 56.3 Å². The minimum atomic E-state index is 0.359. The van der Waals surface area contributed by atoms with Crippen LogP contribution in [0, 0.1) is 5.92 Å². The average Bonchev–Trinajstić information content (AvgIpc) is 3.15. The van der Waals surface area contributed by atoms with Crippen molar-refractivity contribution in [1.29, 1.82) is 0 Å². The lowest BCUT2D eigenvalue weighted by Crippen LogP contribution is -2.55. The first-order chi connectivity index (χ1) is 11.2. The van der Waals surface area contributed by atoms with E-state index in [2.05, 4.69) is 35.8 Å². The molecule has 2 fully saturated rings. The first kappa shape index (κ1) is 15.3. The molecule has 126 valence electrons. The molecule has 0 aromatic heterocycles. The van der Waals surface area contributed by atoms with Gasteiger partial charge in [0.1, 0.15) is 0 Å². The normalized spacial score (nSPS) is 28.8. The van der Waals surface area contributed by atoms with Crippen LogP contribution in [-0.2, 0) is 6.42 Å². The predicted octanol–water partition coefficient (Wildman–Crippen LogP) is 2.76. The van der Waals surface area contributed by atoms with Gasteiger partial charge in [0.15, 0.2) is 11.5 Å². The molecule has 0 unspecified atom stereocenters. The zero-order valence-corrected chi connectivity index (χ0v) is 14.3. The Labute approximate surface area is 139 Å². The monoisotopic (exact) mass is 316 g/mol. The van der Waals surface area contributed by atoms with E-state index in [0.717, 1.165) is 24.0 Å². The molecule has 4 heteroatoms. The average molecular weight is 316 g/mol. The van der Waals surface area contributed by atoms with Gasteiger partial charge in [0, 0.05) is 31.7 Å². The molecule has 3 heterocycles. The molecule has 0 radical (unpaired) electrons. The van der Waals surface area contributed by atoms with Gasteiger partial charge in [0.25, 0.3) is 0 Å². The summed E-state index contributed by atoms with van der Waals surface area (Å²) in [5.74, 6) is 2.45. The van der Waals surface area contributed by atoms with Crippen molar-refractivity contribution in [2.45, 2.75) is 45.2 Å². The van der Waals surface area contributed by atoms with Crippen LogP contribution in [0.1, 0.15) is 32.3 Å². The zero-order valence-electron chi connectivity index (χ0n) is 14.3. The van der Waals surface area contributed by atoms with Crippen LogP contribution in [0.3, 0.4) is 0 Å². The molecule has 23 heavy (non-hydrogen) atoms. The van der Waals surface area contributed by atoms with E-state index in [1.165, 1.54) is 44.6 Å². The molecule has 1 aromatic rings. The highest BCUT2D eigenvalue weighted by atomic mass is 16.7. The smallest absolute Gasteiger partial charge is 0.231 e. The molecule has 1 aromatic carbocycles. The Bertz CT molecular complexity index is 562. The number of nitrogens with zero attached hydrogens (tertiary/aromatic N) is 2. The topological polar surface area (TPSA) is 24.9 Å². The minimum Gasteiger partial charge on any atom is -0.454 e. The van der Waals surface area contributed by atoms with Crippen molar-refractivity contribution >= 4 is 0 Å². The van der Waals surface area contributed by atoms with Gasteiger partial charge in [-0.3, -0.25) is 9.80 Å². The molecule has 0 saturated carbocycles. The van der Waals surface area contributed by atoms with Crippen molar-refractivity contribution in [3.63, 3.8) is 0 Å². The number of ether oxygens (including phenoxy) is 2. The molecule has 0 N–H and O–H groups in total. The highest BCUT2D eigenvalue weighted by molar-refractivity contribution is 5.44. The second-order valence-electron chi connectivity index (χ2n) is 7.59. The van der Waals surface area contributed by atoms with Crippen LogP contribution in [-0.4, -0.2) is 54.9 Å². The summed E-state index contributed by atoms with van der Waals surface area (Å²) in [6.07, 6.45) is 3.88. The zero-order chi connectivity index (χ0) is 15.8. The van der Waals surface area contributed by atoms with Gasteiger partial charge in [0.05, 0.1) is 0 Å². The molecule has 0 bridgehead atoms. The predicted molar refractivity (Wildman–Crippen MR) is 91.1 cm³/mol. The summed E-state index contributed by atoms with van der Waals surface area (Å²) >= 11 is 0. The maximum absolute atomic E-state index is 5.50. The van der Waals surface area contributed by atoms with Crippen LogP contribution in [0.2, 0.25) is 0 Å². The fourth-order valence-electron chi connectivity index (χ4n) is 4.44. The van der Waals surface area contributed by atoms with Crippen LogP contribution < -0.4 is 9.47 Å². The maximum atomic E-state index is 5.50. The number of hydrogen-bond donors (Lipinski definition) is 0. The van der Waals surface area contributed by atoms with Crippen LogP contribution in [0.25, 0.3) is 0 Å². The van der Waals surface area contributed by atoms with E-state index in [9.17, 15) is 0 Å². The Kier molecular flexibility index (Phi) is 4.20. The summed E-state index contributed by atoms with van der Waals surface area (Å²) in [5, 5.41) is 0. The van der Waals surface area contributed by atoms with Gasteiger partial charge >= 0.3 is 0 Å². The first-order valence-corrected chi connectivity index (χ1v) is 9.05. The molecule has 3 aliphatic heterocycles. The molecule has 3 aliphatic rings. The third-order valence-corrected chi connectivity index (χ3v) is 5.63. The molecule has 2 saturated heterocycles. The molecular formula is C19H28N2O2. The van der Waals surface area contributed by atoms with Crippen molar-refractivity contribution < 1.29 is 9.47 Å². The SMILES string of the molecule is C[C@H](Cc1ccc2c(c1)OCO2)CN1C[C@H]2CCCN2C[C@@H]1C. The summed E-state index contributed by atoms with van der Waals surface area (Å²) in [7, 11) is 0. The van der Waals surface area contributed by atoms with Crippen molar-refractivity contribution in [3.05, 3.63) is 23.8 Å². The molecule has 3 atom stereocenters. The number of hydrogen-bond acceptors (Lipinski definition) is 4. The number of benzene rings is 1. The highest BCUT2D eigenvalue weighted by Gasteiger charge is 2.34. The lowest BCUT2D eigenvalue weighted by Gasteiger charge is -2.43. The van der Waals surface area contributed by atoms with E-state index in [1.807, 2.05) is 6.07 Å². The van der Waals surface area contributed by atoms with E-state index in [0.29, 0.717) is 18.8 Å². The molecular weight excluding hydrogens is 288 g/mol. The van der Waals surface area contributed by atoms with E-state index in [1.54, 1.807) is 0 Å². The fourth-order valence-corrected chi connectivity index (χ4v) is 4.44. The summed E-state index contributed by atoms with van der Waals surface area (Å²) in [6, 6.07) is 7.87.